The first-order valence-electron chi connectivity index (χ1n) is 5.46. The molecule has 96 valence electrons. The van der Waals surface area contributed by atoms with E-state index >= 15 is 0 Å². The molecule has 0 spiro atoms. The van der Waals surface area contributed by atoms with Crippen molar-refractivity contribution in [2.24, 2.45) is 5.14 Å². The molecule has 0 aliphatic carbocycles. The molecule has 0 aliphatic rings. The molecule has 0 aliphatic heterocycles. The number of anilines is 2. The van der Waals surface area contributed by atoms with Crippen molar-refractivity contribution in [3.63, 3.8) is 0 Å². The zero-order chi connectivity index (χ0) is 13.2. The van der Waals surface area contributed by atoms with Crippen LogP contribution in [0.4, 0.5) is 11.4 Å². The average molecular weight is 257 g/mol. The Bertz CT molecular complexity index is 497. The molecule has 0 heterocycles. The highest BCUT2D eigenvalue weighted by Crippen LogP contribution is 2.27. The lowest BCUT2D eigenvalue weighted by molar-refractivity contribution is 0.596. The Labute approximate surface area is 102 Å². The maximum atomic E-state index is 11.5. The van der Waals surface area contributed by atoms with Crippen LogP contribution in [0.5, 0.6) is 0 Å². The normalized spacial score (nSPS) is 11.8. The lowest BCUT2D eigenvalue weighted by Gasteiger charge is -2.29. The van der Waals surface area contributed by atoms with Crippen LogP contribution >= 0.6 is 0 Å². The first kappa shape index (κ1) is 13.8. The van der Waals surface area contributed by atoms with Crippen molar-refractivity contribution in [3.8, 4) is 0 Å². The molecule has 0 radical (unpaired) electrons. The van der Waals surface area contributed by atoms with E-state index in [0.717, 1.165) is 0 Å². The summed E-state index contributed by atoms with van der Waals surface area (Å²) in [5, 5.41) is 5.21. The molecule has 17 heavy (non-hydrogen) atoms. The predicted molar refractivity (Wildman–Crippen MR) is 70.4 cm³/mol. The van der Waals surface area contributed by atoms with Gasteiger partial charge in [0.1, 0.15) is 4.90 Å². The molecular weight excluding hydrogens is 238 g/mol. The summed E-state index contributed by atoms with van der Waals surface area (Å²) < 4.78 is 23.1. The number of nitrogens with zero attached hydrogens (tertiary/aromatic N) is 1. The van der Waals surface area contributed by atoms with E-state index < -0.39 is 10.0 Å². The van der Waals surface area contributed by atoms with Gasteiger partial charge in [-0.05, 0) is 39.0 Å². The molecule has 0 saturated carbocycles. The molecule has 0 fully saturated rings. The van der Waals surface area contributed by atoms with Crippen LogP contribution in [0.3, 0.4) is 0 Å². The second-order valence-corrected chi connectivity index (χ2v) is 5.68. The number of primary sulfonamides is 1. The largest absolute Gasteiger partial charge is 0.399 e. The van der Waals surface area contributed by atoms with Crippen LogP contribution in [-0.4, -0.2) is 21.0 Å². The highest BCUT2D eigenvalue weighted by atomic mass is 32.2. The Morgan fingerprint density at radius 1 is 1.35 bits per heavy atom. The van der Waals surface area contributed by atoms with Crippen molar-refractivity contribution in [2.45, 2.75) is 31.7 Å². The van der Waals surface area contributed by atoms with Gasteiger partial charge in [-0.25, -0.2) is 13.6 Å². The van der Waals surface area contributed by atoms with Crippen LogP contribution < -0.4 is 15.8 Å². The van der Waals surface area contributed by atoms with Crippen molar-refractivity contribution in [3.05, 3.63) is 18.2 Å². The second-order valence-electron chi connectivity index (χ2n) is 4.15. The number of benzene rings is 1. The maximum Gasteiger partial charge on any atom is 0.240 e. The molecule has 6 heteroatoms. The maximum absolute atomic E-state index is 11.5. The zero-order valence-corrected chi connectivity index (χ0v) is 11.2. The van der Waals surface area contributed by atoms with E-state index in [1.54, 1.807) is 12.1 Å². The van der Waals surface area contributed by atoms with Crippen LogP contribution in [-0.2, 0) is 10.0 Å². The Balaban J connectivity index is 3.43. The molecule has 0 aromatic heterocycles. The third-order valence-corrected chi connectivity index (χ3v) is 3.50. The Morgan fingerprint density at radius 2 is 1.94 bits per heavy atom. The fourth-order valence-electron chi connectivity index (χ4n) is 1.81. The van der Waals surface area contributed by atoms with E-state index in [2.05, 4.69) is 0 Å². The highest BCUT2D eigenvalue weighted by Gasteiger charge is 2.19. The topological polar surface area (TPSA) is 89.4 Å². The fourth-order valence-corrected chi connectivity index (χ4v) is 2.59. The number of hydrogen-bond donors (Lipinski definition) is 2. The van der Waals surface area contributed by atoms with Crippen molar-refractivity contribution in [1.82, 2.24) is 0 Å². The van der Waals surface area contributed by atoms with Gasteiger partial charge in [0.05, 0.1) is 5.69 Å². The Hall–Kier alpha value is -1.27. The first-order chi connectivity index (χ1) is 7.77. The number of nitrogen functional groups attached to an aromatic ring is 1. The van der Waals surface area contributed by atoms with Gasteiger partial charge in [-0.2, -0.15) is 0 Å². The van der Waals surface area contributed by atoms with Gasteiger partial charge in [-0.15, -0.1) is 0 Å². The van der Waals surface area contributed by atoms with Gasteiger partial charge in [0.2, 0.25) is 10.0 Å². The summed E-state index contributed by atoms with van der Waals surface area (Å²) in [6.07, 6.45) is 0. The van der Waals surface area contributed by atoms with E-state index in [1.807, 2.05) is 25.7 Å². The quantitative estimate of drug-likeness (QED) is 0.792. The Kier molecular flexibility index (Phi) is 4.00. The minimum atomic E-state index is -3.77. The number of nitrogens with two attached hydrogens (primary N) is 2. The smallest absolute Gasteiger partial charge is 0.240 e. The first-order valence-corrected chi connectivity index (χ1v) is 7.01. The summed E-state index contributed by atoms with van der Waals surface area (Å²) in [7, 11) is -3.77. The molecular formula is C11H19N3O2S. The molecule has 0 saturated heterocycles. The number of rotatable bonds is 4. The van der Waals surface area contributed by atoms with Gasteiger partial charge in [0.15, 0.2) is 0 Å². The second kappa shape index (κ2) is 4.93. The minimum Gasteiger partial charge on any atom is -0.399 e. The SMILES string of the molecule is CCN(c1ccc(N)cc1S(N)(=O)=O)C(C)C. The lowest BCUT2D eigenvalue weighted by atomic mass is 10.2. The molecule has 1 aromatic carbocycles. The van der Waals surface area contributed by atoms with Gasteiger partial charge >= 0.3 is 0 Å². The highest BCUT2D eigenvalue weighted by molar-refractivity contribution is 7.89. The number of sulfonamides is 1. The molecule has 5 nitrogen and oxygen atoms in total. The van der Waals surface area contributed by atoms with Crippen molar-refractivity contribution in [2.75, 3.05) is 17.2 Å². The predicted octanol–water partition coefficient (Wildman–Crippen LogP) is 1.15. The van der Waals surface area contributed by atoms with Crippen LogP contribution in [0, 0.1) is 0 Å². The van der Waals surface area contributed by atoms with Crippen LogP contribution in [0.25, 0.3) is 0 Å². The summed E-state index contributed by atoms with van der Waals surface area (Å²) in [6.45, 7) is 6.65. The summed E-state index contributed by atoms with van der Waals surface area (Å²) >= 11 is 0. The van der Waals surface area contributed by atoms with Crippen molar-refractivity contribution in [1.29, 1.82) is 0 Å². The van der Waals surface area contributed by atoms with Crippen molar-refractivity contribution < 1.29 is 8.42 Å². The summed E-state index contributed by atoms with van der Waals surface area (Å²) in [6, 6.07) is 4.95. The third-order valence-electron chi connectivity index (χ3n) is 2.56. The van der Waals surface area contributed by atoms with Crippen LogP contribution in [0.1, 0.15) is 20.8 Å². The van der Waals surface area contributed by atoms with Gasteiger partial charge in [0.25, 0.3) is 0 Å². The van der Waals surface area contributed by atoms with Gasteiger partial charge in [-0.3, -0.25) is 0 Å². The molecule has 0 unspecified atom stereocenters. The average Bonchev–Trinajstić information content (AvgIpc) is 2.19. The number of hydrogen-bond acceptors (Lipinski definition) is 4. The molecule has 0 amide bonds. The Morgan fingerprint density at radius 3 is 2.35 bits per heavy atom. The van der Waals surface area contributed by atoms with Gasteiger partial charge < -0.3 is 10.6 Å². The summed E-state index contributed by atoms with van der Waals surface area (Å²) in [5.41, 5.74) is 6.59. The minimum absolute atomic E-state index is 0.0769. The summed E-state index contributed by atoms with van der Waals surface area (Å²) in [5.74, 6) is 0. The molecule has 1 rings (SSSR count). The molecule has 4 N–H and O–H groups in total. The van der Waals surface area contributed by atoms with Crippen LogP contribution in [0.2, 0.25) is 0 Å². The van der Waals surface area contributed by atoms with Gasteiger partial charge in [0, 0.05) is 18.3 Å². The molecule has 0 bridgehead atoms. The monoisotopic (exact) mass is 257 g/mol. The van der Waals surface area contributed by atoms with E-state index in [9.17, 15) is 8.42 Å². The summed E-state index contributed by atoms with van der Waals surface area (Å²) in [4.78, 5) is 2.03. The fraction of sp³-hybridized carbons (Fsp3) is 0.455. The third kappa shape index (κ3) is 3.10. The van der Waals surface area contributed by atoms with Gasteiger partial charge in [-0.1, -0.05) is 0 Å². The van der Waals surface area contributed by atoms with E-state index in [-0.39, 0.29) is 10.9 Å². The van der Waals surface area contributed by atoms with Crippen molar-refractivity contribution >= 4 is 21.4 Å². The lowest BCUT2D eigenvalue weighted by Crippen LogP contribution is -2.32. The van der Waals surface area contributed by atoms with E-state index in [1.165, 1.54) is 6.07 Å². The zero-order valence-electron chi connectivity index (χ0n) is 10.3. The molecule has 0 atom stereocenters. The standard InChI is InChI=1S/C11H19N3O2S/c1-4-14(8(2)3)10-6-5-9(12)7-11(10)17(13,15)16/h5-8H,4,12H2,1-3H3,(H2,13,15,16). The molecule has 1 aromatic rings. The van der Waals surface area contributed by atoms with E-state index in [0.29, 0.717) is 17.9 Å². The van der Waals surface area contributed by atoms with Crippen LogP contribution in [0.15, 0.2) is 23.1 Å². The van der Waals surface area contributed by atoms with E-state index in [4.69, 9.17) is 10.9 Å².